The maximum absolute atomic E-state index is 5.64. The maximum Gasteiger partial charge on any atom is 0.121 e. The van der Waals surface area contributed by atoms with Gasteiger partial charge in [0, 0.05) is 18.2 Å². The molecule has 2 nitrogen and oxygen atoms in total. The Morgan fingerprint density at radius 1 is 1.54 bits per heavy atom. The summed E-state index contributed by atoms with van der Waals surface area (Å²) >= 11 is 7.36. The van der Waals surface area contributed by atoms with E-state index in [4.69, 9.17) is 11.6 Å². The molecule has 2 rings (SSSR count). The van der Waals surface area contributed by atoms with Crippen LogP contribution in [0.15, 0.2) is 0 Å². The molecule has 1 atom stereocenters. The highest BCUT2D eigenvalue weighted by Crippen LogP contribution is 2.58. The number of alkyl halides is 1. The predicted octanol–water partition coefficient (Wildman–Crippen LogP) is 2.83. The van der Waals surface area contributed by atoms with Gasteiger partial charge in [-0.2, -0.15) is 0 Å². The van der Waals surface area contributed by atoms with Crippen LogP contribution in [-0.2, 0) is 6.42 Å². The van der Waals surface area contributed by atoms with Gasteiger partial charge in [-0.05, 0) is 11.8 Å². The van der Waals surface area contributed by atoms with Crippen molar-refractivity contribution < 1.29 is 0 Å². The fourth-order valence-electron chi connectivity index (χ4n) is 1.48. The molecular formula is C9H13ClN2S. The van der Waals surface area contributed by atoms with Gasteiger partial charge in [0.2, 0.25) is 0 Å². The van der Waals surface area contributed by atoms with Crippen molar-refractivity contribution in [2.45, 2.75) is 32.6 Å². The van der Waals surface area contributed by atoms with Crippen molar-refractivity contribution in [3.05, 3.63) is 10.0 Å². The molecule has 1 unspecified atom stereocenters. The summed E-state index contributed by atoms with van der Waals surface area (Å²) in [4.78, 5) is 0. The molecule has 1 fully saturated rings. The minimum Gasteiger partial charge on any atom is -0.144 e. The summed E-state index contributed by atoms with van der Waals surface area (Å²) < 4.78 is 0. The molecule has 72 valence electrons. The zero-order chi connectivity index (χ0) is 9.47. The summed E-state index contributed by atoms with van der Waals surface area (Å²) in [6.07, 6.45) is 2.11. The summed E-state index contributed by atoms with van der Waals surface area (Å²) in [6, 6.07) is 0. The Hall–Kier alpha value is -0.150. The quantitative estimate of drug-likeness (QED) is 0.727. The molecule has 1 aromatic rings. The van der Waals surface area contributed by atoms with Crippen molar-refractivity contribution in [3.8, 4) is 0 Å². The maximum atomic E-state index is 5.64. The number of hydrogen-bond donors (Lipinski definition) is 0. The van der Waals surface area contributed by atoms with Crippen molar-refractivity contribution in [3.63, 3.8) is 0 Å². The molecule has 0 amide bonds. The molecule has 0 N–H and O–H groups in total. The van der Waals surface area contributed by atoms with E-state index in [1.165, 1.54) is 11.4 Å². The fourth-order valence-corrected chi connectivity index (χ4v) is 2.92. The van der Waals surface area contributed by atoms with Crippen LogP contribution < -0.4 is 0 Å². The van der Waals surface area contributed by atoms with Crippen LogP contribution in [-0.4, -0.2) is 16.1 Å². The summed E-state index contributed by atoms with van der Waals surface area (Å²) in [5, 5.41) is 10.6. The Morgan fingerprint density at radius 2 is 2.23 bits per heavy atom. The molecule has 0 aliphatic heterocycles. The van der Waals surface area contributed by atoms with Crippen LogP contribution in [0.3, 0.4) is 0 Å². The molecular weight excluding hydrogens is 204 g/mol. The number of aromatic nitrogens is 2. The number of rotatable bonds is 3. The van der Waals surface area contributed by atoms with Crippen molar-refractivity contribution in [1.29, 1.82) is 0 Å². The number of aryl methyl sites for hydroxylation is 1. The zero-order valence-electron chi connectivity index (χ0n) is 7.88. The van der Waals surface area contributed by atoms with E-state index in [1.54, 1.807) is 11.3 Å². The van der Waals surface area contributed by atoms with Gasteiger partial charge in [-0.15, -0.1) is 33.1 Å². The normalized spacial score (nSPS) is 24.7. The standard InChI is InChI=1S/C9H13ClN2S/c1-9(2)5-6(9)8-12-11-7(13-8)3-4-10/h6H,3-5H2,1-2H3. The minimum atomic E-state index is 0.456. The number of halogens is 1. The van der Waals surface area contributed by atoms with Crippen molar-refractivity contribution >= 4 is 22.9 Å². The summed E-state index contributed by atoms with van der Waals surface area (Å²) in [5.41, 5.74) is 0.456. The molecule has 1 heterocycles. The fraction of sp³-hybridized carbons (Fsp3) is 0.778. The zero-order valence-corrected chi connectivity index (χ0v) is 9.45. The first kappa shape index (κ1) is 9.41. The van der Waals surface area contributed by atoms with E-state index in [0.29, 0.717) is 17.2 Å². The van der Waals surface area contributed by atoms with Crippen LogP contribution in [0, 0.1) is 5.41 Å². The van der Waals surface area contributed by atoms with Gasteiger partial charge in [-0.1, -0.05) is 13.8 Å². The highest BCUT2D eigenvalue weighted by atomic mass is 35.5. The first-order valence-corrected chi connectivity index (χ1v) is 5.87. The molecule has 1 saturated carbocycles. The van der Waals surface area contributed by atoms with Crippen molar-refractivity contribution in [2.24, 2.45) is 5.41 Å². The van der Waals surface area contributed by atoms with Gasteiger partial charge < -0.3 is 0 Å². The van der Waals surface area contributed by atoms with Crippen LogP contribution in [0.25, 0.3) is 0 Å². The van der Waals surface area contributed by atoms with Crippen LogP contribution in [0.2, 0.25) is 0 Å². The third-order valence-corrected chi connectivity index (χ3v) is 3.89. The molecule has 1 aliphatic rings. The second kappa shape index (κ2) is 3.21. The first-order valence-electron chi connectivity index (χ1n) is 4.52. The Balaban J connectivity index is 2.07. The SMILES string of the molecule is CC1(C)CC1c1nnc(CCCl)s1. The third-order valence-electron chi connectivity index (χ3n) is 2.60. The molecule has 0 aromatic carbocycles. The van der Waals surface area contributed by atoms with E-state index in [0.717, 1.165) is 11.4 Å². The van der Waals surface area contributed by atoms with Gasteiger partial charge in [-0.3, -0.25) is 0 Å². The van der Waals surface area contributed by atoms with E-state index >= 15 is 0 Å². The van der Waals surface area contributed by atoms with Gasteiger partial charge >= 0.3 is 0 Å². The molecule has 13 heavy (non-hydrogen) atoms. The lowest BCUT2D eigenvalue weighted by atomic mass is 10.1. The lowest BCUT2D eigenvalue weighted by Crippen LogP contribution is -1.88. The van der Waals surface area contributed by atoms with Gasteiger partial charge in [0.05, 0.1) is 0 Å². The molecule has 0 saturated heterocycles. The highest BCUT2D eigenvalue weighted by Gasteiger charge is 2.48. The molecule has 1 aromatic heterocycles. The second-order valence-electron chi connectivity index (χ2n) is 4.22. The predicted molar refractivity (Wildman–Crippen MR) is 55.5 cm³/mol. The van der Waals surface area contributed by atoms with Crippen molar-refractivity contribution in [2.75, 3.05) is 5.88 Å². The minimum absolute atomic E-state index is 0.456. The third kappa shape index (κ3) is 1.86. The van der Waals surface area contributed by atoms with E-state index in [1.807, 2.05) is 0 Å². The summed E-state index contributed by atoms with van der Waals surface area (Å²) in [7, 11) is 0. The highest BCUT2D eigenvalue weighted by molar-refractivity contribution is 7.11. The first-order chi connectivity index (χ1) is 6.13. The average molecular weight is 217 g/mol. The summed E-state index contributed by atoms with van der Waals surface area (Å²) in [5.74, 6) is 1.29. The van der Waals surface area contributed by atoms with Crippen LogP contribution in [0.4, 0.5) is 0 Å². The van der Waals surface area contributed by atoms with E-state index in [2.05, 4.69) is 24.0 Å². The topological polar surface area (TPSA) is 25.8 Å². The summed E-state index contributed by atoms with van der Waals surface area (Å²) in [6.45, 7) is 4.56. The Labute approximate surface area is 87.3 Å². The molecule has 0 bridgehead atoms. The van der Waals surface area contributed by atoms with Crippen molar-refractivity contribution in [1.82, 2.24) is 10.2 Å². The molecule has 1 aliphatic carbocycles. The Kier molecular flexibility index (Phi) is 2.32. The van der Waals surface area contributed by atoms with E-state index in [-0.39, 0.29) is 0 Å². The van der Waals surface area contributed by atoms with Gasteiger partial charge in [0.25, 0.3) is 0 Å². The smallest absolute Gasteiger partial charge is 0.121 e. The van der Waals surface area contributed by atoms with Crippen LogP contribution in [0.5, 0.6) is 0 Å². The lowest BCUT2D eigenvalue weighted by molar-refractivity contribution is 0.618. The number of nitrogens with zero attached hydrogens (tertiary/aromatic N) is 2. The van der Waals surface area contributed by atoms with Gasteiger partial charge in [0.1, 0.15) is 10.0 Å². The molecule has 0 spiro atoms. The molecule has 0 radical (unpaired) electrons. The average Bonchev–Trinajstić information content (AvgIpc) is 2.52. The van der Waals surface area contributed by atoms with E-state index in [9.17, 15) is 0 Å². The largest absolute Gasteiger partial charge is 0.144 e. The lowest BCUT2D eigenvalue weighted by Gasteiger charge is -1.96. The van der Waals surface area contributed by atoms with Crippen LogP contribution >= 0.6 is 22.9 Å². The molecule has 4 heteroatoms. The monoisotopic (exact) mass is 216 g/mol. The van der Waals surface area contributed by atoms with Gasteiger partial charge in [0.15, 0.2) is 0 Å². The Bertz CT molecular complexity index is 308. The van der Waals surface area contributed by atoms with Crippen LogP contribution in [0.1, 0.15) is 36.2 Å². The number of hydrogen-bond acceptors (Lipinski definition) is 3. The van der Waals surface area contributed by atoms with E-state index < -0.39 is 0 Å². The second-order valence-corrected chi connectivity index (χ2v) is 5.69. The Morgan fingerprint density at radius 3 is 2.77 bits per heavy atom. The van der Waals surface area contributed by atoms with Gasteiger partial charge in [-0.25, -0.2) is 0 Å².